The van der Waals surface area contributed by atoms with Crippen LogP contribution in [-0.4, -0.2) is 54.3 Å². The summed E-state index contributed by atoms with van der Waals surface area (Å²) in [5.41, 5.74) is 0. The van der Waals surface area contributed by atoms with Crippen LogP contribution in [0, 0.1) is 0 Å². The van der Waals surface area contributed by atoms with Crippen LogP contribution in [0.15, 0.2) is 0 Å². The normalized spacial score (nSPS) is 16.4. The highest BCUT2D eigenvalue weighted by Crippen LogP contribution is 1.88. The van der Waals surface area contributed by atoms with Gasteiger partial charge in [0.05, 0.1) is 0 Å². The summed E-state index contributed by atoms with van der Waals surface area (Å²) in [6, 6.07) is 0. The van der Waals surface area contributed by atoms with Crippen LogP contribution < -0.4 is 5.32 Å². The molecule has 0 rings (SSSR count). The van der Waals surface area contributed by atoms with E-state index in [-0.39, 0.29) is 5.25 Å². The largest absolute Gasteiger partial charge is 0.314 e. The topological polar surface area (TPSA) is 32.3 Å². The van der Waals surface area contributed by atoms with Crippen LogP contribution in [0.3, 0.4) is 0 Å². The molecule has 2 unspecified atom stereocenters. The van der Waals surface area contributed by atoms with Crippen LogP contribution in [0.25, 0.3) is 0 Å². The fourth-order valence-corrected chi connectivity index (χ4v) is 1.08. The van der Waals surface area contributed by atoms with Crippen molar-refractivity contribution < 1.29 is 4.21 Å². The second kappa shape index (κ2) is 6.57. The molecular weight excluding hydrogens is 172 g/mol. The maximum atomic E-state index is 10.9. The van der Waals surface area contributed by atoms with Crippen LogP contribution in [-0.2, 0) is 10.8 Å². The van der Waals surface area contributed by atoms with E-state index in [2.05, 4.69) is 10.2 Å². The predicted molar refractivity (Wildman–Crippen MR) is 55.0 cm³/mol. The molecule has 3 nitrogen and oxygen atoms in total. The number of rotatable bonds is 6. The third-order valence-corrected chi connectivity index (χ3v) is 3.03. The van der Waals surface area contributed by atoms with Gasteiger partial charge < -0.3 is 10.2 Å². The van der Waals surface area contributed by atoms with Gasteiger partial charge in [-0.05, 0) is 21.0 Å². The van der Waals surface area contributed by atoms with E-state index in [0.717, 1.165) is 19.6 Å². The van der Waals surface area contributed by atoms with Gasteiger partial charge in [-0.25, -0.2) is 0 Å². The van der Waals surface area contributed by atoms with E-state index in [1.165, 1.54) is 0 Å². The molecule has 0 heterocycles. The molecule has 1 N–H and O–H groups in total. The molecule has 0 aromatic carbocycles. The van der Waals surface area contributed by atoms with Crippen molar-refractivity contribution in [2.24, 2.45) is 0 Å². The van der Waals surface area contributed by atoms with Gasteiger partial charge in [-0.15, -0.1) is 0 Å². The summed E-state index contributed by atoms with van der Waals surface area (Å²) in [4.78, 5) is 2.13. The Kier molecular flexibility index (Phi) is 6.61. The maximum absolute atomic E-state index is 10.9. The first-order valence-corrected chi connectivity index (χ1v) is 5.84. The van der Waals surface area contributed by atoms with E-state index in [0.29, 0.717) is 0 Å². The highest BCUT2D eigenvalue weighted by atomic mass is 32.2. The Hall–Kier alpha value is 0.0700. The van der Waals surface area contributed by atoms with Gasteiger partial charge in [0, 0.05) is 41.9 Å². The SMILES string of the molecule is CC(CNCCN(C)C)S(C)=O. The number of nitrogens with zero attached hydrogens (tertiary/aromatic N) is 1. The third-order valence-electron chi connectivity index (χ3n) is 1.73. The molecule has 0 bridgehead atoms. The van der Waals surface area contributed by atoms with Crippen molar-refractivity contribution in [3.63, 3.8) is 0 Å². The van der Waals surface area contributed by atoms with Crippen molar-refractivity contribution in [2.45, 2.75) is 12.2 Å². The van der Waals surface area contributed by atoms with Crippen molar-refractivity contribution in [2.75, 3.05) is 40.0 Å². The lowest BCUT2D eigenvalue weighted by Crippen LogP contribution is -2.32. The van der Waals surface area contributed by atoms with Crippen LogP contribution in [0.5, 0.6) is 0 Å². The average molecular weight is 192 g/mol. The zero-order chi connectivity index (χ0) is 9.56. The molecule has 74 valence electrons. The van der Waals surface area contributed by atoms with Gasteiger partial charge in [-0.2, -0.15) is 0 Å². The van der Waals surface area contributed by atoms with Gasteiger partial charge in [0.2, 0.25) is 0 Å². The molecule has 2 atom stereocenters. The standard InChI is InChI=1S/C8H20N2OS/c1-8(12(4)11)7-9-5-6-10(2)3/h8-9H,5-7H2,1-4H3. The summed E-state index contributed by atoms with van der Waals surface area (Å²) in [5.74, 6) is 0. The van der Waals surface area contributed by atoms with Crippen molar-refractivity contribution >= 4 is 10.8 Å². The summed E-state index contributed by atoms with van der Waals surface area (Å²) < 4.78 is 10.9. The Balaban J connectivity index is 3.25. The van der Waals surface area contributed by atoms with Crippen molar-refractivity contribution in [1.29, 1.82) is 0 Å². The van der Waals surface area contributed by atoms with E-state index in [4.69, 9.17) is 0 Å². The number of hydrogen-bond donors (Lipinski definition) is 1. The molecule has 0 spiro atoms. The van der Waals surface area contributed by atoms with E-state index in [9.17, 15) is 4.21 Å². The smallest absolute Gasteiger partial charge is 0.0441 e. The Labute approximate surface area is 78.0 Å². The molecule has 4 heteroatoms. The zero-order valence-corrected chi connectivity index (χ0v) is 9.28. The zero-order valence-electron chi connectivity index (χ0n) is 8.46. The Morgan fingerprint density at radius 3 is 2.50 bits per heavy atom. The molecule has 0 aromatic heterocycles. The minimum Gasteiger partial charge on any atom is -0.314 e. The summed E-state index contributed by atoms with van der Waals surface area (Å²) in [7, 11) is 3.39. The summed E-state index contributed by atoms with van der Waals surface area (Å²) in [6.45, 7) is 4.84. The minimum absolute atomic E-state index is 0.257. The quantitative estimate of drug-likeness (QED) is 0.597. The lowest BCUT2D eigenvalue weighted by molar-refractivity contribution is 0.401. The maximum Gasteiger partial charge on any atom is 0.0441 e. The fourth-order valence-electron chi connectivity index (χ4n) is 0.725. The highest BCUT2D eigenvalue weighted by molar-refractivity contribution is 7.84. The van der Waals surface area contributed by atoms with Crippen molar-refractivity contribution in [1.82, 2.24) is 10.2 Å². The lowest BCUT2D eigenvalue weighted by Gasteiger charge is -2.12. The van der Waals surface area contributed by atoms with E-state index < -0.39 is 10.8 Å². The van der Waals surface area contributed by atoms with Gasteiger partial charge in [0.15, 0.2) is 0 Å². The summed E-state index contributed by atoms with van der Waals surface area (Å²) >= 11 is 0. The Bertz CT molecular complexity index is 139. The molecule has 0 saturated carbocycles. The highest BCUT2D eigenvalue weighted by Gasteiger charge is 2.03. The lowest BCUT2D eigenvalue weighted by atomic mass is 10.4. The van der Waals surface area contributed by atoms with Gasteiger partial charge in [0.25, 0.3) is 0 Å². The van der Waals surface area contributed by atoms with Crippen LogP contribution in [0.1, 0.15) is 6.92 Å². The second-order valence-electron chi connectivity index (χ2n) is 3.32. The molecule has 0 aromatic rings. The summed E-state index contributed by atoms with van der Waals surface area (Å²) in [6.07, 6.45) is 1.75. The third kappa shape index (κ3) is 6.76. The van der Waals surface area contributed by atoms with Gasteiger partial charge in [-0.3, -0.25) is 4.21 Å². The van der Waals surface area contributed by atoms with Gasteiger partial charge >= 0.3 is 0 Å². The monoisotopic (exact) mass is 192 g/mol. The summed E-state index contributed by atoms with van der Waals surface area (Å²) in [5, 5.41) is 3.52. The number of likely N-dealkylation sites (N-methyl/N-ethyl adjacent to an activating group) is 1. The van der Waals surface area contributed by atoms with Crippen molar-refractivity contribution in [3.05, 3.63) is 0 Å². The molecule has 0 aliphatic carbocycles. The second-order valence-corrected chi connectivity index (χ2v) is 5.12. The van der Waals surface area contributed by atoms with E-state index >= 15 is 0 Å². The van der Waals surface area contributed by atoms with Gasteiger partial charge in [-0.1, -0.05) is 0 Å². The first-order valence-electron chi connectivity index (χ1n) is 4.21. The van der Waals surface area contributed by atoms with Gasteiger partial charge in [0.1, 0.15) is 0 Å². The molecule has 0 amide bonds. The molecule has 0 aliphatic rings. The minimum atomic E-state index is -0.701. The van der Waals surface area contributed by atoms with Crippen LogP contribution in [0.2, 0.25) is 0 Å². The van der Waals surface area contributed by atoms with E-state index in [1.807, 2.05) is 21.0 Å². The molecule has 12 heavy (non-hydrogen) atoms. The van der Waals surface area contributed by atoms with Crippen LogP contribution in [0.4, 0.5) is 0 Å². The number of hydrogen-bond acceptors (Lipinski definition) is 3. The number of nitrogens with one attached hydrogen (secondary N) is 1. The average Bonchev–Trinajstić information content (AvgIpc) is 1.97. The first-order chi connectivity index (χ1) is 5.54. The molecule has 0 aliphatic heterocycles. The molecule has 0 radical (unpaired) electrons. The fraction of sp³-hybridized carbons (Fsp3) is 1.00. The molecule has 0 fully saturated rings. The first kappa shape index (κ1) is 12.1. The molecule has 0 saturated heterocycles. The Morgan fingerprint density at radius 1 is 1.50 bits per heavy atom. The van der Waals surface area contributed by atoms with Crippen LogP contribution >= 0.6 is 0 Å². The predicted octanol–water partition coefficient (Wildman–Crippen LogP) is -0.0954. The van der Waals surface area contributed by atoms with E-state index in [1.54, 1.807) is 6.26 Å². The molecular formula is C8H20N2OS. The van der Waals surface area contributed by atoms with Crippen molar-refractivity contribution in [3.8, 4) is 0 Å². The Morgan fingerprint density at radius 2 is 2.08 bits per heavy atom.